The molecule has 0 aliphatic rings. The third-order valence-corrected chi connectivity index (χ3v) is 2.11. The first-order chi connectivity index (χ1) is 7.07. The maximum atomic E-state index is 11.3. The van der Waals surface area contributed by atoms with Crippen LogP contribution >= 0.6 is 0 Å². The Hall–Kier alpha value is -0.610. The predicted molar refractivity (Wildman–Crippen MR) is 59.5 cm³/mol. The van der Waals surface area contributed by atoms with E-state index in [4.69, 9.17) is 15.2 Å². The molecule has 0 radical (unpaired) electrons. The lowest BCUT2D eigenvalue weighted by Gasteiger charge is -2.11. The summed E-state index contributed by atoms with van der Waals surface area (Å²) < 4.78 is 9.92. The van der Waals surface area contributed by atoms with Crippen LogP contribution in [0, 0.1) is 5.92 Å². The van der Waals surface area contributed by atoms with Gasteiger partial charge in [-0.2, -0.15) is 0 Å². The lowest BCUT2D eigenvalue weighted by Crippen LogP contribution is -2.32. The van der Waals surface area contributed by atoms with Crippen LogP contribution in [0.5, 0.6) is 0 Å². The first kappa shape index (κ1) is 14.4. The minimum absolute atomic E-state index is 0.299. The second-order valence-corrected chi connectivity index (χ2v) is 4.09. The molecule has 0 aromatic rings. The number of nitrogens with two attached hydrogens (primary N) is 1. The largest absolute Gasteiger partial charge is 0.465 e. The zero-order valence-electron chi connectivity index (χ0n) is 9.99. The van der Waals surface area contributed by atoms with E-state index in [1.165, 1.54) is 0 Å². The van der Waals surface area contributed by atoms with Gasteiger partial charge in [0.15, 0.2) is 0 Å². The first-order valence-corrected chi connectivity index (χ1v) is 5.49. The lowest BCUT2D eigenvalue weighted by atomic mass is 10.1. The van der Waals surface area contributed by atoms with E-state index in [1.54, 1.807) is 7.11 Å². The average molecular weight is 217 g/mol. The van der Waals surface area contributed by atoms with Crippen LogP contribution in [0.4, 0.5) is 0 Å². The van der Waals surface area contributed by atoms with Crippen LogP contribution in [0.25, 0.3) is 0 Å². The fraction of sp³-hybridized carbons (Fsp3) is 0.909. The zero-order chi connectivity index (χ0) is 11.7. The van der Waals surface area contributed by atoms with Crippen molar-refractivity contribution in [3.8, 4) is 0 Å². The van der Waals surface area contributed by atoms with Crippen molar-refractivity contribution in [2.24, 2.45) is 11.7 Å². The molecule has 0 bridgehead atoms. The van der Waals surface area contributed by atoms with Gasteiger partial charge in [0.05, 0.1) is 6.61 Å². The van der Waals surface area contributed by atoms with Crippen LogP contribution < -0.4 is 5.73 Å². The van der Waals surface area contributed by atoms with E-state index < -0.39 is 6.04 Å². The van der Waals surface area contributed by atoms with Gasteiger partial charge in [0.25, 0.3) is 0 Å². The third kappa shape index (κ3) is 8.39. The Bertz CT molecular complexity index is 171. The van der Waals surface area contributed by atoms with Gasteiger partial charge in [-0.3, -0.25) is 4.79 Å². The molecule has 2 N–H and O–H groups in total. The van der Waals surface area contributed by atoms with Crippen molar-refractivity contribution in [1.29, 1.82) is 0 Å². The monoisotopic (exact) mass is 217 g/mol. The lowest BCUT2D eigenvalue weighted by molar-refractivity contribution is -0.145. The highest BCUT2D eigenvalue weighted by molar-refractivity contribution is 5.75. The number of esters is 1. The number of methoxy groups -OCH3 is 1. The topological polar surface area (TPSA) is 61.5 Å². The summed E-state index contributed by atoms with van der Waals surface area (Å²) in [5.41, 5.74) is 5.64. The van der Waals surface area contributed by atoms with Crippen molar-refractivity contribution < 1.29 is 14.3 Å². The molecule has 0 spiro atoms. The molecule has 15 heavy (non-hydrogen) atoms. The smallest absolute Gasteiger partial charge is 0.322 e. The molecule has 0 aliphatic carbocycles. The van der Waals surface area contributed by atoms with Crippen molar-refractivity contribution >= 4 is 5.97 Å². The Morgan fingerprint density at radius 1 is 1.27 bits per heavy atom. The van der Waals surface area contributed by atoms with E-state index in [-0.39, 0.29) is 5.97 Å². The Labute approximate surface area is 92.1 Å². The molecule has 1 atom stereocenters. The molecule has 0 aromatic heterocycles. The van der Waals surface area contributed by atoms with Crippen molar-refractivity contribution in [2.45, 2.75) is 39.2 Å². The second-order valence-electron chi connectivity index (χ2n) is 4.09. The van der Waals surface area contributed by atoms with E-state index in [0.717, 1.165) is 12.8 Å². The maximum absolute atomic E-state index is 11.3. The van der Waals surface area contributed by atoms with Crippen LogP contribution in [0.3, 0.4) is 0 Å². The quantitative estimate of drug-likeness (QED) is 0.492. The fourth-order valence-electron chi connectivity index (χ4n) is 1.07. The summed E-state index contributed by atoms with van der Waals surface area (Å²) in [4.78, 5) is 11.3. The number of carbonyl (C=O) groups is 1. The number of hydrogen-bond donors (Lipinski definition) is 1. The molecule has 0 rings (SSSR count). The highest BCUT2D eigenvalue weighted by Crippen LogP contribution is 2.02. The molecular formula is C11H23NO3. The van der Waals surface area contributed by atoms with Crippen LogP contribution in [-0.2, 0) is 14.3 Å². The Kier molecular flexibility index (Phi) is 8.33. The van der Waals surface area contributed by atoms with E-state index in [1.807, 2.05) is 0 Å². The molecule has 0 fully saturated rings. The summed E-state index contributed by atoms with van der Waals surface area (Å²) in [6, 6.07) is -0.507. The van der Waals surface area contributed by atoms with E-state index >= 15 is 0 Å². The van der Waals surface area contributed by atoms with Crippen molar-refractivity contribution in [3.05, 3.63) is 0 Å². The minimum Gasteiger partial charge on any atom is -0.465 e. The zero-order valence-corrected chi connectivity index (χ0v) is 9.99. The summed E-state index contributed by atoms with van der Waals surface area (Å²) >= 11 is 0. The Morgan fingerprint density at radius 2 is 1.93 bits per heavy atom. The molecular weight excluding hydrogens is 194 g/mol. The number of ether oxygens (including phenoxy) is 2. The summed E-state index contributed by atoms with van der Waals surface area (Å²) in [6.07, 6.45) is 2.29. The molecule has 4 nitrogen and oxygen atoms in total. The molecule has 0 aromatic carbocycles. The standard InChI is InChI=1S/C11H23NO3/c1-9(2)6-8-15-11(13)10(12)5-4-7-14-3/h9-10H,4-8,12H2,1-3H3. The van der Waals surface area contributed by atoms with E-state index in [0.29, 0.717) is 25.6 Å². The number of rotatable bonds is 8. The van der Waals surface area contributed by atoms with Gasteiger partial charge >= 0.3 is 5.97 Å². The summed E-state index contributed by atoms with van der Waals surface area (Å²) in [5.74, 6) is 0.245. The van der Waals surface area contributed by atoms with Gasteiger partial charge in [-0.05, 0) is 25.2 Å². The predicted octanol–water partition coefficient (Wildman–Crippen LogP) is 1.33. The molecule has 90 valence electrons. The van der Waals surface area contributed by atoms with Crippen LogP contribution in [-0.4, -0.2) is 32.3 Å². The molecule has 0 amide bonds. The molecule has 0 heterocycles. The fourth-order valence-corrected chi connectivity index (χ4v) is 1.07. The Morgan fingerprint density at radius 3 is 2.47 bits per heavy atom. The minimum atomic E-state index is -0.507. The van der Waals surface area contributed by atoms with Gasteiger partial charge in [-0.1, -0.05) is 13.8 Å². The second kappa shape index (κ2) is 8.68. The highest BCUT2D eigenvalue weighted by Gasteiger charge is 2.14. The van der Waals surface area contributed by atoms with Gasteiger partial charge in [0.2, 0.25) is 0 Å². The molecule has 0 saturated heterocycles. The third-order valence-electron chi connectivity index (χ3n) is 2.11. The van der Waals surface area contributed by atoms with Crippen LogP contribution in [0.2, 0.25) is 0 Å². The van der Waals surface area contributed by atoms with Crippen molar-refractivity contribution in [3.63, 3.8) is 0 Å². The summed E-state index contributed by atoms with van der Waals surface area (Å²) in [6.45, 7) is 5.28. The van der Waals surface area contributed by atoms with Gasteiger partial charge in [0.1, 0.15) is 6.04 Å². The van der Waals surface area contributed by atoms with Crippen LogP contribution in [0.1, 0.15) is 33.1 Å². The van der Waals surface area contributed by atoms with Gasteiger partial charge < -0.3 is 15.2 Å². The van der Waals surface area contributed by atoms with Gasteiger partial charge in [0, 0.05) is 13.7 Å². The van der Waals surface area contributed by atoms with Gasteiger partial charge in [-0.15, -0.1) is 0 Å². The SMILES string of the molecule is COCCCC(N)C(=O)OCCC(C)C. The molecule has 0 saturated carbocycles. The molecule has 0 aliphatic heterocycles. The van der Waals surface area contributed by atoms with E-state index in [9.17, 15) is 4.79 Å². The van der Waals surface area contributed by atoms with E-state index in [2.05, 4.69) is 13.8 Å². The normalized spacial score (nSPS) is 12.9. The van der Waals surface area contributed by atoms with Crippen molar-refractivity contribution in [1.82, 2.24) is 0 Å². The first-order valence-electron chi connectivity index (χ1n) is 5.49. The maximum Gasteiger partial charge on any atom is 0.322 e. The van der Waals surface area contributed by atoms with Gasteiger partial charge in [-0.25, -0.2) is 0 Å². The number of hydrogen-bond acceptors (Lipinski definition) is 4. The van der Waals surface area contributed by atoms with Crippen LogP contribution in [0.15, 0.2) is 0 Å². The Balaban J connectivity index is 3.51. The number of carbonyl (C=O) groups excluding carboxylic acids is 1. The summed E-state index contributed by atoms with van der Waals surface area (Å²) in [7, 11) is 1.63. The molecule has 4 heteroatoms. The average Bonchev–Trinajstić information content (AvgIpc) is 2.17. The highest BCUT2D eigenvalue weighted by atomic mass is 16.5. The summed E-state index contributed by atoms with van der Waals surface area (Å²) in [5, 5.41) is 0. The van der Waals surface area contributed by atoms with Crippen molar-refractivity contribution in [2.75, 3.05) is 20.3 Å². The molecule has 1 unspecified atom stereocenters.